The molecule has 0 aromatic heterocycles. The third-order valence-electron chi connectivity index (χ3n) is 4.21. The van der Waals surface area contributed by atoms with Crippen LogP contribution in [0.15, 0.2) is 24.3 Å². The van der Waals surface area contributed by atoms with Crippen molar-refractivity contribution in [1.29, 1.82) is 0 Å². The molecule has 0 heterocycles. The normalized spacial score (nSPS) is 16.6. The van der Waals surface area contributed by atoms with Crippen molar-refractivity contribution >= 4 is 5.69 Å². The Bertz CT molecular complexity index is 363. The van der Waals surface area contributed by atoms with Gasteiger partial charge in [0.05, 0.1) is 0 Å². The molecule has 3 N–H and O–H groups in total. The summed E-state index contributed by atoms with van der Waals surface area (Å²) >= 11 is 0. The summed E-state index contributed by atoms with van der Waals surface area (Å²) in [7, 11) is 0. The van der Waals surface area contributed by atoms with Gasteiger partial charge in [-0.05, 0) is 36.6 Å². The highest BCUT2D eigenvalue weighted by Gasteiger charge is 2.21. The fourth-order valence-electron chi connectivity index (χ4n) is 2.52. The van der Waals surface area contributed by atoms with Crippen molar-refractivity contribution in [2.45, 2.75) is 44.9 Å². The van der Waals surface area contributed by atoms with Crippen LogP contribution in [-0.4, -0.2) is 13.1 Å². The number of benzene rings is 1. The van der Waals surface area contributed by atoms with Gasteiger partial charge < -0.3 is 11.1 Å². The van der Waals surface area contributed by atoms with E-state index in [9.17, 15) is 0 Å². The molecule has 1 aliphatic rings. The Morgan fingerprint density at radius 2 is 1.89 bits per heavy atom. The highest BCUT2D eigenvalue weighted by Crippen LogP contribution is 2.29. The van der Waals surface area contributed by atoms with Crippen molar-refractivity contribution in [1.82, 2.24) is 5.32 Å². The molecule has 2 heteroatoms. The zero-order valence-corrected chi connectivity index (χ0v) is 11.7. The molecule has 18 heavy (non-hydrogen) atoms. The molecule has 1 saturated carbocycles. The lowest BCUT2D eigenvalue weighted by Gasteiger charge is -2.28. The minimum absolute atomic E-state index is 0.174. The quantitative estimate of drug-likeness (QED) is 0.597. The Morgan fingerprint density at radius 3 is 2.44 bits per heavy atom. The van der Waals surface area contributed by atoms with Gasteiger partial charge in [-0.3, -0.25) is 0 Å². The molecule has 0 atom stereocenters. The summed E-state index contributed by atoms with van der Waals surface area (Å²) in [6, 6.07) is 8.27. The smallest absolute Gasteiger partial charge is 0.0314 e. The van der Waals surface area contributed by atoms with Crippen molar-refractivity contribution in [3.63, 3.8) is 0 Å². The molecule has 1 fully saturated rings. The fraction of sp³-hybridized carbons (Fsp3) is 0.625. The number of anilines is 1. The molecule has 2 nitrogen and oxygen atoms in total. The topological polar surface area (TPSA) is 38.0 Å². The largest absolute Gasteiger partial charge is 0.399 e. The molecule has 0 bridgehead atoms. The maximum Gasteiger partial charge on any atom is 0.0314 e. The van der Waals surface area contributed by atoms with Crippen LogP contribution < -0.4 is 11.1 Å². The molecule has 2 rings (SSSR count). The van der Waals surface area contributed by atoms with Crippen molar-refractivity contribution in [2.75, 3.05) is 18.8 Å². The van der Waals surface area contributed by atoms with Gasteiger partial charge in [-0.15, -0.1) is 0 Å². The Kier molecular flexibility index (Phi) is 4.28. The third-order valence-corrected chi connectivity index (χ3v) is 4.21. The zero-order valence-electron chi connectivity index (χ0n) is 11.7. The first-order valence-electron chi connectivity index (χ1n) is 7.15. The van der Waals surface area contributed by atoms with Gasteiger partial charge in [0.15, 0.2) is 0 Å². The summed E-state index contributed by atoms with van der Waals surface area (Å²) in [4.78, 5) is 0. The second-order valence-corrected chi connectivity index (χ2v) is 6.27. The summed E-state index contributed by atoms with van der Waals surface area (Å²) in [6.45, 7) is 6.76. The average molecular weight is 246 g/mol. The fourth-order valence-corrected chi connectivity index (χ4v) is 2.52. The number of nitrogens with two attached hydrogens (primary N) is 1. The molecule has 0 unspecified atom stereocenters. The standard InChI is InChI=1S/C16H26N2/c1-16(2,14-6-8-15(17)9-7-14)12-18-11-10-13-4-3-5-13/h6-9,13,18H,3-5,10-12,17H2,1-2H3. The van der Waals surface area contributed by atoms with Gasteiger partial charge >= 0.3 is 0 Å². The van der Waals surface area contributed by atoms with Gasteiger partial charge in [-0.1, -0.05) is 45.2 Å². The molecule has 0 spiro atoms. The SMILES string of the molecule is CC(C)(CNCCC1CCC1)c1ccc(N)cc1. The van der Waals surface area contributed by atoms with Crippen molar-refractivity contribution in [2.24, 2.45) is 5.92 Å². The Morgan fingerprint density at radius 1 is 1.22 bits per heavy atom. The summed E-state index contributed by atoms with van der Waals surface area (Å²) in [5.41, 5.74) is 8.10. The van der Waals surface area contributed by atoms with Crippen LogP contribution in [0.4, 0.5) is 5.69 Å². The first-order chi connectivity index (χ1) is 8.58. The van der Waals surface area contributed by atoms with Crippen LogP contribution in [0.5, 0.6) is 0 Å². The molecular weight excluding hydrogens is 220 g/mol. The Labute approximate surface area is 111 Å². The highest BCUT2D eigenvalue weighted by molar-refractivity contribution is 5.41. The van der Waals surface area contributed by atoms with E-state index in [1.165, 1.54) is 31.2 Å². The van der Waals surface area contributed by atoms with E-state index in [-0.39, 0.29) is 5.41 Å². The Hall–Kier alpha value is -1.02. The summed E-state index contributed by atoms with van der Waals surface area (Å²) in [5, 5.41) is 3.61. The molecule has 0 radical (unpaired) electrons. The minimum Gasteiger partial charge on any atom is -0.399 e. The third kappa shape index (κ3) is 3.49. The van der Waals surface area contributed by atoms with E-state index >= 15 is 0 Å². The molecule has 1 aromatic rings. The van der Waals surface area contributed by atoms with Crippen LogP contribution in [0.2, 0.25) is 0 Å². The lowest BCUT2D eigenvalue weighted by Crippen LogP contribution is -2.34. The van der Waals surface area contributed by atoms with E-state index in [4.69, 9.17) is 5.73 Å². The van der Waals surface area contributed by atoms with E-state index in [0.29, 0.717) is 0 Å². The van der Waals surface area contributed by atoms with E-state index in [1.807, 2.05) is 12.1 Å². The van der Waals surface area contributed by atoms with Gasteiger partial charge in [0.1, 0.15) is 0 Å². The number of nitrogens with one attached hydrogen (secondary N) is 1. The van der Waals surface area contributed by atoms with Crippen molar-refractivity contribution < 1.29 is 0 Å². The first kappa shape index (κ1) is 13.4. The van der Waals surface area contributed by atoms with Crippen LogP contribution >= 0.6 is 0 Å². The van der Waals surface area contributed by atoms with Crippen LogP contribution in [0.3, 0.4) is 0 Å². The minimum atomic E-state index is 0.174. The van der Waals surface area contributed by atoms with Crippen LogP contribution in [0.1, 0.15) is 45.1 Å². The maximum atomic E-state index is 5.73. The van der Waals surface area contributed by atoms with Gasteiger partial charge in [-0.25, -0.2) is 0 Å². The first-order valence-corrected chi connectivity index (χ1v) is 7.15. The molecular formula is C16H26N2. The maximum absolute atomic E-state index is 5.73. The Balaban J connectivity index is 1.76. The predicted octanol–water partition coefficient (Wildman–Crippen LogP) is 3.33. The summed E-state index contributed by atoms with van der Waals surface area (Å²) in [5.74, 6) is 0.997. The monoisotopic (exact) mass is 246 g/mol. The molecule has 100 valence electrons. The molecule has 1 aromatic carbocycles. The van der Waals surface area contributed by atoms with Crippen molar-refractivity contribution in [3.8, 4) is 0 Å². The average Bonchev–Trinajstić information content (AvgIpc) is 2.27. The van der Waals surface area contributed by atoms with Crippen LogP contribution in [0.25, 0.3) is 0 Å². The second kappa shape index (κ2) is 5.75. The molecule has 0 aliphatic heterocycles. The van der Waals surface area contributed by atoms with Crippen LogP contribution in [-0.2, 0) is 5.41 Å². The molecule has 0 saturated heterocycles. The van der Waals surface area contributed by atoms with Crippen LogP contribution in [0, 0.1) is 5.92 Å². The zero-order chi connectivity index (χ0) is 13.0. The van der Waals surface area contributed by atoms with E-state index in [0.717, 1.165) is 24.7 Å². The highest BCUT2D eigenvalue weighted by atomic mass is 14.9. The van der Waals surface area contributed by atoms with Gasteiger partial charge in [0, 0.05) is 17.6 Å². The van der Waals surface area contributed by atoms with E-state index in [1.54, 1.807) is 0 Å². The number of nitrogen functional groups attached to an aromatic ring is 1. The van der Waals surface area contributed by atoms with Gasteiger partial charge in [0.25, 0.3) is 0 Å². The summed E-state index contributed by atoms with van der Waals surface area (Å²) < 4.78 is 0. The van der Waals surface area contributed by atoms with E-state index in [2.05, 4.69) is 31.3 Å². The van der Waals surface area contributed by atoms with Gasteiger partial charge in [0.2, 0.25) is 0 Å². The number of hydrogen-bond donors (Lipinski definition) is 2. The van der Waals surface area contributed by atoms with Gasteiger partial charge in [-0.2, -0.15) is 0 Å². The lowest BCUT2D eigenvalue weighted by atomic mass is 9.82. The summed E-state index contributed by atoms with van der Waals surface area (Å²) in [6.07, 6.45) is 5.69. The number of rotatable bonds is 6. The number of hydrogen-bond acceptors (Lipinski definition) is 2. The predicted molar refractivity (Wildman–Crippen MR) is 78.7 cm³/mol. The molecule has 1 aliphatic carbocycles. The lowest BCUT2D eigenvalue weighted by molar-refractivity contribution is 0.289. The second-order valence-electron chi connectivity index (χ2n) is 6.27. The van der Waals surface area contributed by atoms with E-state index < -0.39 is 0 Å². The van der Waals surface area contributed by atoms with Crippen molar-refractivity contribution in [3.05, 3.63) is 29.8 Å². The molecule has 0 amide bonds.